The fraction of sp³-hybridized carbons (Fsp3) is 0.111. The van der Waals surface area contributed by atoms with Gasteiger partial charge in [0.25, 0.3) is 0 Å². The molecule has 1 atom stereocenters. The van der Waals surface area contributed by atoms with Crippen LogP contribution in [-0.2, 0) is 16.1 Å². The SMILES string of the molecule is CC(=O)NCc1ccc(C(=Nc2ccc(-c3cnc[nH]3)cc2)C2C(=O)Nc3ccccc32)cc1. The number of H-pyrrole nitrogens is 1. The number of nitrogens with one attached hydrogen (secondary N) is 3. The molecule has 1 unspecified atom stereocenters. The average Bonchev–Trinajstić information content (AvgIpc) is 3.50. The number of hydrogen-bond acceptors (Lipinski definition) is 4. The molecule has 3 aromatic carbocycles. The zero-order valence-electron chi connectivity index (χ0n) is 18.6. The molecule has 0 spiro atoms. The number of amides is 2. The Kier molecular flexibility index (Phi) is 5.74. The van der Waals surface area contributed by atoms with Crippen molar-refractivity contribution in [3.63, 3.8) is 0 Å². The van der Waals surface area contributed by atoms with E-state index in [2.05, 4.69) is 20.6 Å². The quantitative estimate of drug-likeness (QED) is 0.376. The highest BCUT2D eigenvalue weighted by Crippen LogP contribution is 2.36. The highest BCUT2D eigenvalue weighted by molar-refractivity contribution is 6.24. The second kappa shape index (κ2) is 9.15. The monoisotopic (exact) mass is 449 g/mol. The minimum atomic E-state index is -0.523. The Morgan fingerprint density at radius 3 is 2.50 bits per heavy atom. The van der Waals surface area contributed by atoms with Crippen molar-refractivity contribution in [2.24, 2.45) is 4.99 Å². The first kappa shape index (κ1) is 21.3. The zero-order chi connectivity index (χ0) is 23.5. The molecule has 0 fully saturated rings. The van der Waals surface area contributed by atoms with Gasteiger partial charge in [0.05, 0.1) is 29.6 Å². The van der Waals surface area contributed by atoms with Gasteiger partial charge in [-0.05, 0) is 40.5 Å². The Labute approximate surface area is 197 Å². The van der Waals surface area contributed by atoms with E-state index in [1.165, 1.54) is 6.92 Å². The van der Waals surface area contributed by atoms with Gasteiger partial charge in [-0.3, -0.25) is 14.6 Å². The fourth-order valence-electron chi connectivity index (χ4n) is 4.06. The smallest absolute Gasteiger partial charge is 0.238 e. The van der Waals surface area contributed by atoms with Crippen LogP contribution in [0.5, 0.6) is 0 Å². The van der Waals surface area contributed by atoms with E-state index in [9.17, 15) is 9.59 Å². The van der Waals surface area contributed by atoms with Gasteiger partial charge in [-0.1, -0.05) is 54.6 Å². The van der Waals surface area contributed by atoms with Crippen LogP contribution in [-0.4, -0.2) is 27.5 Å². The second-order valence-corrected chi connectivity index (χ2v) is 8.13. The number of aromatic nitrogens is 2. The summed E-state index contributed by atoms with van der Waals surface area (Å²) in [5.74, 6) is -0.704. The molecule has 0 saturated heterocycles. The number of hydrogen-bond donors (Lipinski definition) is 3. The van der Waals surface area contributed by atoms with Crippen molar-refractivity contribution in [3.8, 4) is 11.3 Å². The third kappa shape index (κ3) is 4.36. The highest BCUT2D eigenvalue weighted by Gasteiger charge is 2.35. The maximum Gasteiger partial charge on any atom is 0.238 e. The van der Waals surface area contributed by atoms with E-state index in [4.69, 9.17) is 4.99 Å². The van der Waals surface area contributed by atoms with Crippen LogP contribution in [0, 0.1) is 0 Å². The molecule has 34 heavy (non-hydrogen) atoms. The van der Waals surface area contributed by atoms with E-state index < -0.39 is 5.92 Å². The van der Waals surface area contributed by atoms with E-state index in [1.807, 2.05) is 72.8 Å². The van der Waals surface area contributed by atoms with E-state index in [0.29, 0.717) is 12.3 Å². The van der Waals surface area contributed by atoms with Gasteiger partial charge in [0.15, 0.2) is 0 Å². The van der Waals surface area contributed by atoms with Crippen molar-refractivity contribution in [2.45, 2.75) is 19.4 Å². The topological polar surface area (TPSA) is 99.2 Å². The number of carbonyl (C=O) groups is 2. The van der Waals surface area contributed by atoms with E-state index >= 15 is 0 Å². The number of fused-ring (bicyclic) bond motifs is 1. The Balaban J connectivity index is 1.54. The van der Waals surface area contributed by atoms with Gasteiger partial charge in [-0.25, -0.2) is 4.98 Å². The Hall–Kier alpha value is -4.52. The lowest BCUT2D eigenvalue weighted by Gasteiger charge is -2.15. The zero-order valence-corrected chi connectivity index (χ0v) is 18.6. The molecule has 1 aliphatic heterocycles. The number of rotatable bonds is 6. The predicted molar refractivity (Wildman–Crippen MR) is 132 cm³/mol. The van der Waals surface area contributed by atoms with Gasteiger partial charge in [0.2, 0.25) is 11.8 Å². The molecule has 3 N–H and O–H groups in total. The Morgan fingerprint density at radius 1 is 1.03 bits per heavy atom. The van der Waals surface area contributed by atoms with Gasteiger partial charge in [-0.15, -0.1) is 0 Å². The minimum Gasteiger partial charge on any atom is -0.352 e. The molecular weight excluding hydrogens is 426 g/mol. The molecule has 168 valence electrons. The van der Waals surface area contributed by atoms with E-state index in [1.54, 1.807) is 12.5 Å². The molecular formula is C27H23N5O2. The lowest BCUT2D eigenvalue weighted by Crippen LogP contribution is -2.22. The Morgan fingerprint density at radius 2 is 1.79 bits per heavy atom. The third-order valence-electron chi connectivity index (χ3n) is 5.78. The number of nitrogens with zero attached hydrogens (tertiary/aromatic N) is 2. The van der Waals surface area contributed by atoms with Crippen LogP contribution in [0.3, 0.4) is 0 Å². The summed E-state index contributed by atoms with van der Waals surface area (Å²) >= 11 is 0. The fourth-order valence-corrected chi connectivity index (χ4v) is 4.06. The average molecular weight is 450 g/mol. The van der Waals surface area contributed by atoms with Crippen molar-refractivity contribution >= 4 is 28.9 Å². The first-order valence-electron chi connectivity index (χ1n) is 11.0. The number of imidazole rings is 1. The van der Waals surface area contributed by atoms with Crippen molar-refractivity contribution in [1.29, 1.82) is 0 Å². The number of benzene rings is 3. The molecule has 2 heterocycles. The second-order valence-electron chi connectivity index (χ2n) is 8.13. The summed E-state index contributed by atoms with van der Waals surface area (Å²) in [7, 11) is 0. The van der Waals surface area contributed by atoms with Crippen molar-refractivity contribution in [3.05, 3.63) is 102 Å². The lowest BCUT2D eigenvalue weighted by molar-refractivity contribution is -0.119. The van der Waals surface area contributed by atoms with Crippen LogP contribution in [0.4, 0.5) is 11.4 Å². The molecule has 0 bridgehead atoms. The summed E-state index contributed by atoms with van der Waals surface area (Å²) in [5.41, 5.74) is 6.88. The van der Waals surface area contributed by atoms with Gasteiger partial charge >= 0.3 is 0 Å². The van der Waals surface area contributed by atoms with Gasteiger partial charge < -0.3 is 15.6 Å². The molecule has 1 aliphatic rings. The number of carbonyl (C=O) groups excluding carboxylic acids is 2. The molecule has 2 amide bonds. The summed E-state index contributed by atoms with van der Waals surface area (Å²) in [6, 6.07) is 23.3. The number of aliphatic imine (C=N–C) groups is 1. The molecule has 0 radical (unpaired) electrons. The summed E-state index contributed by atoms with van der Waals surface area (Å²) in [4.78, 5) is 36.4. The number of anilines is 1. The van der Waals surface area contributed by atoms with Crippen LogP contribution >= 0.6 is 0 Å². The van der Waals surface area contributed by atoms with Gasteiger partial charge in [-0.2, -0.15) is 0 Å². The molecule has 0 saturated carbocycles. The normalized spacial score (nSPS) is 15.0. The summed E-state index contributed by atoms with van der Waals surface area (Å²) in [6.07, 6.45) is 3.41. The third-order valence-corrected chi connectivity index (χ3v) is 5.78. The number of aromatic amines is 1. The molecule has 7 nitrogen and oxygen atoms in total. The maximum atomic E-state index is 13.0. The standard InChI is InChI=1S/C27H23N5O2/c1-17(33)29-14-18-6-8-20(9-7-18)26(25-22-4-2-3-5-23(22)32-27(25)34)31-21-12-10-19(11-13-21)24-15-28-16-30-24/h2-13,15-16,25H,14H2,1H3,(H,28,30)(H,29,33)(H,32,34). The summed E-state index contributed by atoms with van der Waals surface area (Å²) in [6.45, 7) is 1.94. The molecule has 1 aromatic heterocycles. The molecule has 5 rings (SSSR count). The Bertz CT molecular complexity index is 1360. The largest absolute Gasteiger partial charge is 0.352 e. The van der Waals surface area contributed by atoms with E-state index in [0.717, 1.165) is 39.3 Å². The predicted octanol–water partition coefficient (Wildman–Crippen LogP) is 4.57. The first-order chi connectivity index (χ1) is 16.6. The van der Waals surface area contributed by atoms with Gasteiger partial charge in [0, 0.05) is 19.2 Å². The maximum absolute atomic E-state index is 13.0. The summed E-state index contributed by atoms with van der Waals surface area (Å²) < 4.78 is 0. The van der Waals surface area contributed by atoms with E-state index in [-0.39, 0.29) is 11.8 Å². The van der Waals surface area contributed by atoms with Crippen LogP contribution < -0.4 is 10.6 Å². The van der Waals surface area contributed by atoms with Crippen molar-refractivity contribution in [1.82, 2.24) is 15.3 Å². The van der Waals surface area contributed by atoms with Crippen molar-refractivity contribution in [2.75, 3.05) is 5.32 Å². The van der Waals surface area contributed by atoms with Gasteiger partial charge in [0.1, 0.15) is 5.92 Å². The molecule has 7 heteroatoms. The highest BCUT2D eigenvalue weighted by atomic mass is 16.2. The van der Waals surface area contributed by atoms with Crippen LogP contribution in [0.1, 0.15) is 29.5 Å². The van der Waals surface area contributed by atoms with Crippen LogP contribution in [0.25, 0.3) is 11.3 Å². The molecule has 0 aliphatic carbocycles. The first-order valence-corrected chi connectivity index (χ1v) is 11.0. The number of para-hydroxylation sites is 1. The van der Waals surface area contributed by atoms with Crippen LogP contribution in [0.15, 0.2) is 90.3 Å². The van der Waals surface area contributed by atoms with Crippen molar-refractivity contribution < 1.29 is 9.59 Å². The minimum absolute atomic E-state index is 0.0795. The lowest BCUT2D eigenvalue weighted by atomic mass is 9.90. The summed E-state index contributed by atoms with van der Waals surface area (Å²) in [5, 5.41) is 5.78. The van der Waals surface area contributed by atoms with Crippen LogP contribution in [0.2, 0.25) is 0 Å². The molecule has 4 aromatic rings.